The van der Waals surface area contributed by atoms with E-state index in [0.717, 1.165) is 24.2 Å². The number of rotatable bonds is 1. The zero-order chi connectivity index (χ0) is 13.9. The first-order chi connectivity index (χ1) is 9.68. The van der Waals surface area contributed by atoms with Crippen molar-refractivity contribution in [2.45, 2.75) is 18.9 Å². The SMILES string of the molecule is NC(=O)c1ncn2c1[C@@H]1CCCN1C(=O)c1sccc1-2. The molecule has 6 nitrogen and oxygen atoms in total. The summed E-state index contributed by atoms with van der Waals surface area (Å²) in [6.45, 7) is 0.713. The number of hydrogen-bond acceptors (Lipinski definition) is 4. The van der Waals surface area contributed by atoms with Gasteiger partial charge >= 0.3 is 0 Å². The van der Waals surface area contributed by atoms with E-state index in [4.69, 9.17) is 5.73 Å². The molecule has 4 rings (SSSR count). The van der Waals surface area contributed by atoms with E-state index in [0.29, 0.717) is 11.4 Å². The molecule has 7 heteroatoms. The van der Waals surface area contributed by atoms with Crippen molar-refractivity contribution in [3.05, 3.63) is 34.0 Å². The largest absolute Gasteiger partial charge is 0.364 e. The molecule has 2 aromatic rings. The van der Waals surface area contributed by atoms with Crippen LogP contribution in [0, 0.1) is 0 Å². The minimum atomic E-state index is -0.545. The fourth-order valence-electron chi connectivity index (χ4n) is 3.13. The highest BCUT2D eigenvalue weighted by Crippen LogP contribution is 2.40. The van der Waals surface area contributed by atoms with Crippen LogP contribution >= 0.6 is 11.3 Å². The summed E-state index contributed by atoms with van der Waals surface area (Å²) in [7, 11) is 0. The molecule has 2 aromatic heterocycles. The van der Waals surface area contributed by atoms with Gasteiger partial charge in [0.25, 0.3) is 11.8 Å². The Morgan fingerprint density at radius 3 is 3.15 bits per heavy atom. The summed E-state index contributed by atoms with van der Waals surface area (Å²) in [5, 5.41) is 1.88. The Morgan fingerprint density at radius 1 is 1.50 bits per heavy atom. The Hall–Kier alpha value is -2.15. The number of thiophene rings is 1. The number of carbonyl (C=O) groups excluding carboxylic acids is 2. The first-order valence-corrected chi connectivity index (χ1v) is 7.32. The highest BCUT2D eigenvalue weighted by atomic mass is 32.1. The second kappa shape index (κ2) is 3.92. The molecule has 1 fully saturated rings. The van der Waals surface area contributed by atoms with E-state index < -0.39 is 5.91 Å². The number of nitrogens with zero attached hydrogens (tertiary/aromatic N) is 3. The van der Waals surface area contributed by atoms with Crippen LogP contribution in [-0.4, -0.2) is 32.8 Å². The highest BCUT2D eigenvalue weighted by Gasteiger charge is 2.40. The molecule has 0 unspecified atom stereocenters. The molecule has 1 atom stereocenters. The summed E-state index contributed by atoms with van der Waals surface area (Å²) in [4.78, 5) is 30.9. The molecule has 0 spiro atoms. The number of fused-ring (bicyclic) bond motifs is 5. The second-order valence-electron chi connectivity index (χ2n) is 5.00. The van der Waals surface area contributed by atoms with Crippen molar-refractivity contribution in [2.75, 3.05) is 6.54 Å². The number of hydrogen-bond donors (Lipinski definition) is 1. The first kappa shape index (κ1) is 11.7. The summed E-state index contributed by atoms with van der Waals surface area (Å²) in [5.41, 5.74) is 7.25. The van der Waals surface area contributed by atoms with E-state index >= 15 is 0 Å². The number of primary amides is 1. The van der Waals surface area contributed by atoms with Crippen molar-refractivity contribution in [3.8, 4) is 5.69 Å². The summed E-state index contributed by atoms with van der Waals surface area (Å²) in [6, 6.07) is 1.78. The van der Waals surface area contributed by atoms with Crippen molar-refractivity contribution in [3.63, 3.8) is 0 Å². The number of imidazole rings is 1. The van der Waals surface area contributed by atoms with Gasteiger partial charge in [-0.3, -0.25) is 14.2 Å². The minimum Gasteiger partial charge on any atom is -0.364 e. The van der Waals surface area contributed by atoms with Crippen LogP contribution in [0.2, 0.25) is 0 Å². The molecule has 1 saturated heterocycles. The van der Waals surface area contributed by atoms with Crippen molar-refractivity contribution in [2.24, 2.45) is 5.73 Å². The van der Waals surface area contributed by atoms with E-state index in [1.54, 1.807) is 6.33 Å². The predicted octanol–water partition coefficient (Wildman–Crippen LogP) is 1.32. The highest BCUT2D eigenvalue weighted by molar-refractivity contribution is 7.12. The van der Waals surface area contributed by atoms with E-state index in [2.05, 4.69) is 4.98 Å². The quantitative estimate of drug-likeness (QED) is 0.859. The van der Waals surface area contributed by atoms with Gasteiger partial charge in [0.05, 0.1) is 17.4 Å². The summed E-state index contributed by atoms with van der Waals surface area (Å²) < 4.78 is 1.85. The van der Waals surface area contributed by atoms with E-state index in [-0.39, 0.29) is 17.6 Å². The van der Waals surface area contributed by atoms with Crippen LogP contribution in [0.4, 0.5) is 0 Å². The molecular weight excluding hydrogens is 276 g/mol. The number of nitrogens with two attached hydrogens (primary N) is 1. The van der Waals surface area contributed by atoms with E-state index in [1.165, 1.54) is 11.3 Å². The van der Waals surface area contributed by atoms with Gasteiger partial charge in [0.15, 0.2) is 5.69 Å². The predicted molar refractivity (Wildman–Crippen MR) is 73.0 cm³/mol. The van der Waals surface area contributed by atoms with Gasteiger partial charge in [-0.25, -0.2) is 4.98 Å². The Morgan fingerprint density at radius 2 is 2.35 bits per heavy atom. The molecule has 20 heavy (non-hydrogen) atoms. The second-order valence-corrected chi connectivity index (χ2v) is 5.92. The van der Waals surface area contributed by atoms with Crippen LogP contribution in [0.3, 0.4) is 0 Å². The Balaban J connectivity index is 2.04. The molecule has 0 saturated carbocycles. The number of amides is 2. The molecule has 2 aliphatic heterocycles. The first-order valence-electron chi connectivity index (χ1n) is 6.44. The summed E-state index contributed by atoms with van der Waals surface area (Å²) in [5.74, 6) is -0.506. The molecule has 2 N–H and O–H groups in total. The van der Waals surface area contributed by atoms with E-state index in [1.807, 2.05) is 20.9 Å². The maximum atomic E-state index is 12.6. The van der Waals surface area contributed by atoms with Gasteiger partial charge in [-0.05, 0) is 24.3 Å². The zero-order valence-corrected chi connectivity index (χ0v) is 11.4. The smallest absolute Gasteiger partial charge is 0.269 e. The molecule has 102 valence electrons. The normalized spacial score (nSPS) is 20.3. The standard InChI is InChI=1S/C13H12N4O2S/c14-12(18)9-10-7-2-1-4-16(7)13(19)11-8(3-5-20-11)17(10)6-15-9/h3,5-7H,1-2,4H2,(H2,14,18)/t7-/m0/s1. The summed E-state index contributed by atoms with van der Waals surface area (Å²) in [6.07, 6.45) is 3.36. The zero-order valence-electron chi connectivity index (χ0n) is 10.6. The van der Waals surface area contributed by atoms with Gasteiger partial charge in [-0.1, -0.05) is 0 Å². The Bertz CT molecular complexity index is 733. The third kappa shape index (κ3) is 1.35. The fraction of sp³-hybridized carbons (Fsp3) is 0.308. The lowest BCUT2D eigenvalue weighted by Gasteiger charge is -2.22. The van der Waals surface area contributed by atoms with Gasteiger partial charge in [0.1, 0.15) is 11.2 Å². The third-order valence-electron chi connectivity index (χ3n) is 3.97. The van der Waals surface area contributed by atoms with Crippen LogP contribution in [0.25, 0.3) is 5.69 Å². The lowest BCUT2D eigenvalue weighted by Crippen LogP contribution is -2.30. The maximum absolute atomic E-state index is 12.6. The molecule has 2 amide bonds. The lowest BCUT2D eigenvalue weighted by atomic mass is 10.1. The van der Waals surface area contributed by atoms with Crippen LogP contribution in [0.1, 0.15) is 44.7 Å². The average molecular weight is 288 g/mol. The topological polar surface area (TPSA) is 81.2 Å². The molecule has 0 bridgehead atoms. The fourth-order valence-corrected chi connectivity index (χ4v) is 3.97. The molecule has 0 radical (unpaired) electrons. The van der Waals surface area contributed by atoms with Crippen LogP contribution in [0.5, 0.6) is 0 Å². The molecule has 0 aromatic carbocycles. The van der Waals surface area contributed by atoms with Gasteiger partial charge in [-0.15, -0.1) is 11.3 Å². The van der Waals surface area contributed by atoms with E-state index in [9.17, 15) is 9.59 Å². The molecule has 4 heterocycles. The molecule has 0 aliphatic carbocycles. The summed E-state index contributed by atoms with van der Waals surface area (Å²) >= 11 is 1.42. The van der Waals surface area contributed by atoms with Crippen molar-refractivity contribution in [1.82, 2.24) is 14.5 Å². The van der Waals surface area contributed by atoms with Crippen molar-refractivity contribution < 1.29 is 9.59 Å². The monoisotopic (exact) mass is 288 g/mol. The Labute approximate surface area is 118 Å². The third-order valence-corrected chi connectivity index (χ3v) is 4.86. The lowest BCUT2D eigenvalue weighted by molar-refractivity contribution is 0.0740. The van der Waals surface area contributed by atoms with Crippen LogP contribution in [0.15, 0.2) is 17.8 Å². The Kier molecular flexibility index (Phi) is 2.29. The number of aromatic nitrogens is 2. The maximum Gasteiger partial charge on any atom is 0.269 e. The van der Waals surface area contributed by atoms with Crippen molar-refractivity contribution in [1.29, 1.82) is 0 Å². The van der Waals surface area contributed by atoms with Gasteiger partial charge in [-0.2, -0.15) is 0 Å². The molecular formula is C13H12N4O2S. The minimum absolute atomic E-state index is 0.0385. The van der Waals surface area contributed by atoms with Gasteiger partial charge in [0.2, 0.25) is 0 Å². The van der Waals surface area contributed by atoms with Crippen LogP contribution < -0.4 is 5.73 Å². The molecule has 2 aliphatic rings. The number of carbonyl (C=O) groups is 2. The van der Waals surface area contributed by atoms with Crippen molar-refractivity contribution >= 4 is 23.2 Å². The average Bonchev–Trinajstić information content (AvgIpc) is 3.14. The van der Waals surface area contributed by atoms with Gasteiger partial charge < -0.3 is 10.6 Å². The van der Waals surface area contributed by atoms with Gasteiger partial charge in [0, 0.05) is 6.54 Å². The van der Waals surface area contributed by atoms with Crippen LogP contribution in [-0.2, 0) is 0 Å².